The summed E-state index contributed by atoms with van der Waals surface area (Å²) >= 11 is 0. The summed E-state index contributed by atoms with van der Waals surface area (Å²) in [6.07, 6.45) is 27.2. The number of halogens is 1. The molecule has 28 nitrogen and oxygen atoms in total. The number of hydrogen-bond donors (Lipinski definition) is 6. The predicted octanol–water partition coefficient (Wildman–Crippen LogP) is 8.75. The van der Waals surface area contributed by atoms with Crippen molar-refractivity contribution in [1.29, 1.82) is 0 Å². The van der Waals surface area contributed by atoms with Gasteiger partial charge in [0.1, 0.15) is 71.7 Å². The van der Waals surface area contributed by atoms with E-state index in [2.05, 4.69) is 92.5 Å². The van der Waals surface area contributed by atoms with Crippen molar-refractivity contribution < 1.29 is 28.4 Å². The van der Waals surface area contributed by atoms with Crippen LogP contribution in [-0.2, 0) is 39.6 Å². The molecule has 0 saturated carbocycles. The fourth-order valence-electron chi connectivity index (χ4n) is 13.9. The molecule has 0 aliphatic carbocycles. The molecule has 10 aromatic heterocycles. The molecule has 1 unspecified atom stereocenters. The Morgan fingerprint density at radius 2 is 0.971 bits per heavy atom. The number of carbonyl (C=O) groups is 5. The van der Waals surface area contributed by atoms with E-state index >= 15 is 0 Å². The average Bonchev–Trinajstić information content (AvgIpc) is 1.60. The quantitative estimate of drug-likeness (QED) is 0.0905. The monoisotopic (exact) mass is 1380 g/mol. The van der Waals surface area contributed by atoms with Crippen molar-refractivity contribution in [2.24, 2.45) is 7.05 Å². The standard InChI is InChI=1S/C18H14N6O.C15H14N4O.C14H9FN4O.C14H11N5O.C14H10N4O/c1-23-8-12(6-22-23)16-9-24(17-15(16)7-19-10-21-17)13-2-3-14-11(4-13)5-20-18(14)25;1-9-13-6-11(2-3-12(13)15(20)18-9)19-5-4-10-7-16-8-17-14(10)19;15-11-4-10(3-9-6-17-14(20)12(9)11)19-2-1-8-5-16-7-18-13(8)19;15-12-11-3-4-19(13(11)18-7-17-12)9-1-2-10-8(5-9)6-16-14(10)20;19-14-12-2-1-11(5-10(12)7-16-14)18-4-3-9-6-15-8-17-13(9)18/h2-4,6-10H,5H2,1H3,(H,20,25);2-3,6-9H,4-5H2,1H3,(H,18,20);1-5,7H,6H2,(H,17,20);1-5,7H,6H2,(H,16,20)(H2,15,17,18);1-6,8H,7H2,(H,16,19). The van der Waals surface area contributed by atoms with Crippen LogP contribution in [0.4, 0.5) is 21.7 Å². The second-order valence-electron chi connectivity index (χ2n) is 25.2. The molecule has 0 saturated heterocycles. The molecule has 510 valence electrons. The maximum absolute atomic E-state index is 14.1. The summed E-state index contributed by atoms with van der Waals surface area (Å²) in [6.45, 7) is 4.99. The number of aryl methyl sites for hydroxylation is 1. The molecule has 7 N–H and O–H groups in total. The third-order valence-corrected chi connectivity index (χ3v) is 19.0. The van der Waals surface area contributed by atoms with Crippen LogP contribution in [0.3, 0.4) is 0 Å². The molecule has 5 amide bonds. The minimum Gasteiger partial charge on any atom is -0.383 e. The van der Waals surface area contributed by atoms with Crippen molar-refractivity contribution in [2.45, 2.75) is 45.6 Å². The first kappa shape index (κ1) is 63.2. The van der Waals surface area contributed by atoms with Crippen LogP contribution in [0.5, 0.6) is 0 Å². The third kappa shape index (κ3) is 11.4. The number of rotatable bonds is 6. The van der Waals surface area contributed by atoms with E-state index in [0.717, 1.165) is 136 Å². The number of fused-ring (bicyclic) bond motifs is 10. The van der Waals surface area contributed by atoms with Crippen LogP contribution in [0, 0.1) is 5.82 Å². The Bertz CT molecular complexity index is 6050. The average molecular weight is 1380 g/mol. The Hall–Kier alpha value is -14.3. The SMILES string of the molecule is CC1NC(=O)c2ccc(N3CCc4cncnc43)cc21.Cn1cc(-c2cn(-c3ccc4c(c3)CNC4=O)c3ncncc23)cn1.Nc1ncnc2c1ccn2-c1ccc2c(c1)CNC2=O.O=C1NCc2cc(-n3ccc4cncnc43)cc(F)c21.O=C1NCc2cc(-n3ccc4cncnc43)ccc21. The topological polar surface area (TPSA) is 341 Å². The molecule has 104 heavy (non-hydrogen) atoms. The molecule has 1 atom stereocenters. The van der Waals surface area contributed by atoms with Gasteiger partial charge < -0.3 is 55.5 Å². The van der Waals surface area contributed by atoms with Gasteiger partial charge in [-0.05, 0) is 144 Å². The van der Waals surface area contributed by atoms with E-state index in [0.29, 0.717) is 48.9 Å². The molecular weight excluding hydrogens is 1320 g/mol. The normalized spacial score (nSPS) is 14.7. The number of nitrogens with one attached hydrogen (secondary N) is 5. The number of amides is 5. The zero-order chi connectivity index (χ0) is 70.9. The van der Waals surface area contributed by atoms with Crippen molar-refractivity contribution in [2.75, 3.05) is 17.2 Å². The Morgan fingerprint density at radius 3 is 1.62 bits per heavy atom. The lowest BCUT2D eigenvalue weighted by Gasteiger charge is -2.19. The Balaban J connectivity index is 0.0000000965. The number of aromatic nitrogens is 16. The number of benzene rings is 5. The molecule has 0 radical (unpaired) electrons. The minimum absolute atomic E-state index is 0.00115. The maximum atomic E-state index is 14.1. The van der Waals surface area contributed by atoms with Crippen molar-refractivity contribution in [3.8, 4) is 33.9 Å². The molecule has 16 heterocycles. The van der Waals surface area contributed by atoms with E-state index in [4.69, 9.17) is 5.73 Å². The zero-order valence-electron chi connectivity index (χ0n) is 55.4. The van der Waals surface area contributed by atoms with Crippen LogP contribution < -0.4 is 37.2 Å². The summed E-state index contributed by atoms with van der Waals surface area (Å²) in [7, 11) is 1.89. The van der Waals surface area contributed by atoms with Gasteiger partial charge in [0.2, 0.25) is 0 Å². The number of nitrogen functional groups attached to an aromatic ring is 1. The molecule has 0 fully saturated rings. The van der Waals surface area contributed by atoms with Crippen LogP contribution in [0.15, 0.2) is 197 Å². The Morgan fingerprint density at radius 1 is 0.452 bits per heavy atom. The first-order valence-corrected chi connectivity index (χ1v) is 33.0. The van der Waals surface area contributed by atoms with Gasteiger partial charge in [0.05, 0.1) is 28.9 Å². The molecule has 21 rings (SSSR count). The smallest absolute Gasteiger partial charge is 0.254 e. The summed E-state index contributed by atoms with van der Waals surface area (Å²) < 4.78 is 23.6. The molecule has 0 bridgehead atoms. The summed E-state index contributed by atoms with van der Waals surface area (Å²) in [4.78, 5) is 102. The van der Waals surface area contributed by atoms with Gasteiger partial charge in [0, 0.05) is 173 Å². The highest BCUT2D eigenvalue weighted by molar-refractivity contribution is 6.02. The third-order valence-electron chi connectivity index (χ3n) is 19.0. The second-order valence-corrected chi connectivity index (χ2v) is 25.2. The molecule has 5 aromatic carbocycles. The lowest BCUT2D eigenvalue weighted by Crippen LogP contribution is -2.16. The molecule has 0 spiro atoms. The largest absolute Gasteiger partial charge is 0.383 e. The van der Waals surface area contributed by atoms with Crippen LogP contribution in [-0.4, -0.2) is 114 Å². The van der Waals surface area contributed by atoms with Gasteiger partial charge in [-0.2, -0.15) is 5.10 Å². The van der Waals surface area contributed by atoms with Gasteiger partial charge in [-0.1, -0.05) is 0 Å². The summed E-state index contributed by atoms with van der Waals surface area (Å²) in [5.41, 5.74) is 24.8. The van der Waals surface area contributed by atoms with Crippen molar-refractivity contribution in [3.05, 3.63) is 264 Å². The second kappa shape index (κ2) is 25.8. The summed E-state index contributed by atoms with van der Waals surface area (Å²) in [5, 5.41) is 22.0. The Kier molecular flexibility index (Phi) is 15.7. The molecular formula is C75H58FN23O5. The molecule has 29 heteroatoms. The number of nitrogens with zero attached hydrogens (tertiary/aromatic N) is 17. The fourth-order valence-corrected chi connectivity index (χ4v) is 13.9. The van der Waals surface area contributed by atoms with Gasteiger partial charge in [0.15, 0.2) is 0 Å². The van der Waals surface area contributed by atoms with Crippen LogP contribution in [0.2, 0.25) is 0 Å². The van der Waals surface area contributed by atoms with E-state index in [9.17, 15) is 28.4 Å². The summed E-state index contributed by atoms with van der Waals surface area (Å²) in [6, 6.07) is 32.3. The minimum atomic E-state index is -0.511. The maximum Gasteiger partial charge on any atom is 0.254 e. The molecule has 15 aromatic rings. The molecule has 6 aliphatic rings. The highest BCUT2D eigenvalue weighted by atomic mass is 19.1. The number of carbonyl (C=O) groups excluding carboxylic acids is 5. The highest BCUT2D eigenvalue weighted by Crippen LogP contribution is 2.37. The first-order chi connectivity index (χ1) is 50.7. The number of anilines is 3. The predicted molar refractivity (Wildman–Crippen MR) is 382 cm³/mol. The highest BCUT2D eigenvalue weighted by Gasteiger charge is 2.30. The van der Waals surface area contributed by atoms with Crippen LogP contribution in [0.25, 0.3) is 78.0 Å². The van der Waals surface area contributed by atoms with E-state index in [1.807, 2.05) is 162 Å². The number of hydrogen-bond acceptors (Lipinski definition) is 18. The van der Waals surface area contributed by atoms with E-state index < -0.39 is 5.82 Å². The van der Waals surface area contributed by atoms with Crippen LogP contribution in [0.1, 0.15) is 98.1 Å². The summed E-state index contributed by atoms with van der Waals surface area (Å²) in [5.74, 6) is 0.556. The van der Waals surface area contributed by atoms with Gasteiger partial charge in [0.25, 0.3) is 29.5 Å². The van der Waals surface area contributed by atoms with E-state index in [-0.39, 0.29) is 41.1 Å². The number of nitrogens with two attached hydrogens (primary N) is 1. The van der Waals surface area contributed by atoms with E-state index in [1.165, 1.54) is 30.6 Å². The van der Waals surface area contributed by atoms with E-state index in [1.54, 1.807) is 40.4 Å². The lowest BCUT2D eigenvalue weighted by atomic mass is 10.0. The Labute approximate surface area is 588 Å². The van der Waals surface area contributed by atoms with Crippen molar-refractivity contribution >= 4 is 91.0 Å². The van der Waals surface area contributed by atoms with Crippen molar-refractivity contribution in [3.63, 3.8) is 0 Å². The van der Waals surface area contributed by atoms with Gasteiger partial charge in [-0.3, -0.25) is 28.7 Å². The lowest BCUT2D eigenvalue weighted by molar-refractivity contribution is 0.0951. The molecule has 6 aliphatic heterocycles. The zero-order valence-corrected chi connectivity index (χ0v) is 55.4. The first-order valence-electron chi connectivity index (χ1n) is 33.0. The van der Waals surface area contributed by atoms with Crippen LogP contribution >= 0.6 is 0 Å². The van der Waals surface area contributed by atoms with Crippen molar-refractivity contribution in [1.82, 2.24) is 104 Å². The van der Waals surface area contributed by atoms with Gasteiger partial charge >= 0.3 is 0 Å². The fraction of sp³-hybridized carbons (Fsp3) is 0.120. The van der Waals surface area contributed by atoms with Gasteiger partial charge in [-0.25, -0.2) is 54.2 Å². The van der Waals surface area contributed by atoms with Gasteiger partial charge in [-0.15, -0.1) is 0 Å².